The zero-order valence-electron chi connectivity index (χ0n) is 29.4. The van der Waals surface area contributed by atoms with Gasteiger partial charge in [-0.05, 0) is 61.4 Å². The van der Waals surface area contributed by atoms with Gasteiger partial charge >= 0.3 is 0 Å². The summed E-state index contributed by atoms with van der Waals surface area (Å²) in [5, 5.41) is 9.71. The number of aryl methyl sites for hydroxylation is 2. The van der Waals surface area contributed by atoms with Crippen LogP contribution in [0.4, 0.5) is 10.3 Å². The lowest BCUT2D eigenvalue weighted by atomic mass is 10.1. The lowest BCUT2D eigenvalue weighted by Crippen LogP contribution is -2.26. The van der Waals surface area contributed by atoms with E-state index in [0.29, 0.717) is 54.0 Å². The first-order valence-electron chi connectivity index (χ1n) is 16.1. The minimum absolute atomic E-state index is 0.277. The Balaban J connectivity index is 1.38. The predicted octanol–water partition coefficient (Wildman–Crippen LogP) is 4.63. The number of hydrogen-bond donors (Lipinski definition) is 6. The Bertz CT molecular complexity index is 2090. The third-order valence-corrected chi connectivity index (χ3v) is 9.18. The van der Waals surface area contributed by atoms with Crippen molar-refractivity contribution in [2.45, 2.75) is 27.7 Å². The van der Waals surface area contributed by atoms with E-state index in [4.69, 9.17) is 0 Å². The van der Waals surface area contributed by atoms with Gasteiger partial charge in [0.2, 0.25) is 22.1 Å². The van der Waals surface area contributed by atoms with Crippen molar-refractivity contribution in [3.63, 3.8) is 0 Å². The Morgan fingerprint density at radius 3 is 1.31 bits per heavy atom. The van der Waals surface area contributed by atoms with Crippen molar-refractivity contribution in [1.82, 2.24) is 41.6 Å². The minimum atomic E-state index is -0.410. The molecule has 0 unspecified atom stereocenters. The lowest BCUT2D eigenvalue weighted by Gasteiger charge is -2.04. The van der Waals surface area contributed by atoms with Crippen molar-refractivity contribution in [2.24, 2.45) is 10.2 Å². The number of allylic oxidation sites excluding steroid dienone is 2. The molecule has 54 heavy (non-hydrogen) atoms. The van der Waals surface area contributed by atoms with Crippen molar-refractivity contribution in [3.8, 4) is 0 Å². The molecule has 6 N–H and O–H groups in total. The molecular formula is C36H34N12O4S2. The van der Waals surface area contributed by atoms with E-state index in [9.17, 15) is 19.2 Å². The Kier molecular flexibility index (Phi) is 13.2. The molecule has 0 saturated carbocycles. The smallest absolute Gasteiger partial charge is 0.271 e. The maximum Gasteiger partial charge on any atom is 0.271 e. The normalized spacial score (nSPS) is 11.7. The quantitative estimate of drug-likeness (QED) is 0.0681. The maximum atomic E-state index is 12.8. The van der Waals surface area contributed by atoms with E-state index in [0.717, 1.165) is 11.1 Å². The molecule has 0 radical (unpaired) electrons. The first-order chi connectivity index (χ1) is 26.0. The number of rotatable bonds is 14. The fraction of sp³-hybridized carbons (Fsp3) is 0.111. The lowest BCUT2D eigenvalue weighted by molar-refractivity contribution is -0.119. The molecule has 1 aromatic carbocycles. The molecule has 0 aliphatic heterocycles. The summed E-state index contributed by atoms with van der Waals surface area (Å²) in [5.74, 6) is -1.37. The van der Waals surface area contributed by atoms with Crippen LogP contribution < -0.4 is 32.6 Å². The van der Waals surface area contributed by atoms with Crippen LogP contribution in [-0.4, -0.2) is 55.0 Å². The summed E-state index contributed by atoms with van der Waals surface area (Å²) in [6.45, 7) is 6.36. The number of hydrogen-bond acceptors (Lipinski definition) is 14. The summed E-state index contributed by atoms with van der Waals surface area (Å²) < 4.78 is 0. The van der Waals surface area contributed by atoms with Crippen LogP contribution in [-0.2, 0) is 9.59 Å². The van der Waals surface area contributed by atoms with E-state index in [-0.39, 0.29) is 11.8 Å². The van der Waals surface area contributed by atoms with Crippen LogP contribution in [0.2, 0.25) is 0 Å². The van der Waals surface area contributed by atoms with Crippen molar-refractivity contribution in [1.29, 1.82) is 0 Å². The number of anilines is 2. The van der Waals surface area contributed by atoms with Gasteiger partial charge in [0.15, 0.2) is 0 Å². The second-order valence-corrected chi connectivity index (χ2v) is 13.2. The van der Waals surface area contributed by atoms with Gasteiger partial charge in [0.25, 0.3) is 11.8 Å². The van der Waals surface area contributed by atoms with E-state index >= 15 is 0 Å². The average molecular weight is 763 g/mol. The summed E-state index contributed by atoms with van der Waals surface area (Å²) in [4.78, 5) is 66.5. The van der Waals surface area contributed by atoms with Crippen LogP contribution >= 0.6 is 22.7 Å². The van der Waals surface area contributed by atoms with E-state index in [1.54, 1.807) is 50.3 Å². The predicted molar refractivity (Wildman–Crippen MR) is 210 cm³/mol. The molecule has 0 spiro atoms. The second kappa shape index (κ2) is 18.5. The highest BCUT2D eigenvalue weighted by Crippen LogP contribution is 2.25. The molecule has 0 aliphatic carbocycles. The van der Waals surface area contributed by atoms with Crippen molar-refractivity contribution < 1.29 is 19.2 Å². The van der Waals surface area contributed by atoms with Gasteiger partial charge in [-0.3, -0.25) is 50.8 Å². The summed E-state index contributed by atoms with van der Waals surface area (Å²) in [6, 6.07) is 13.9. The molecule has 0 aliphatic rings. The average Bonchev–Trinajstić information content (AvgIpc) is 3.74. The molecule has 0 saturated heterocycles. The van der Waals surface area contributed by atoms with Gasteiger partial charge in [0.1, 0.15) is 11.4 Å². The molecule has 4 amide bonds. The Hall–Kier alpha value is -6.92. The van der Waals surface area contributed by atoms with E-state index in [2.05, 4.69) is 62.7 Å². The zero-order valence-corrected chi connectivity index (χ0v) is 31.0. The topological polar surface area (TPSA) is 217 Å². The van der Waals surface area contributed by atoms with Crippen LogP contribution in [0.1, 0.15) is 66.8 Å². The highest BCUT2D eigenvalue weighted by atomic mass is 32.1. The van der Waals surface area contributed by atoms with E-state index in [1.165, 1.54) is 61.3 Å². The Morgan fingerprint density at radius 1 is 0.593 bits per heavy atom. The number of carbonyl (C=O) groups is 4. The van der Waals surface area contributed by atoms with Crippen LogP contribution in [0.5, 0.6) is 0 Å². The SMILES string of the molecule is CC(=O)NNc1nc(C)c(C(/C=C/c2ccc(/C=C/C(=N/NC(=O)c3ccncc3)c3sc(NNC(C)=O)nc3C)cc2)=N\NC(=O)c2ccncc2)s1. The third-order valence-electron chi connectivity index (χ3n) is 6.99. The summed E-state index contributed by atoms with van der Waals surface area (Å²) >= 11 is 2.51. The first kappa shape index (κ1) is 38.3. The Morgan fingerprint density at radius 2 is 0.963 bits per heavy atom. The van der Waals surface area contributed by atoms with Gasteiger partial charge < -0.3 is 0 Å². The van der Waals surface area contributed by atoms with Gasteiger partial charge in [0.05, 0.1) is 21.1 Å². The highest BCUT2D eigenvalue weighted by molar-refractivity contribution is 7.18. The second-order valence-electron chi connectivity index (χ2n) is 11.2. The zero-order chi connectivity index (χ0) is 38.5. The number of pyridine rings is 2. The van der Waals surface area contributed by atoms with Crippen molar-refractivity contribution in [3.05, 3.63) is 129 Å². The fourth-order valence-corrected chi connectivity index (χ4v) is 6.19. The number of nitrogens with zero attached hydrogens (tertiary/aromatic N) is 6. The largest absolute Gasteiger partial charge is 0.274 e. The van der Waals surface area contributed by atoms with Gasteiger partial charge in [-0.2, -0.15) is 10.2 Å². The number of nitrogens with one attached hydrogen (secondary N) is 6. The first-order valence-corrected chi connectivity index (χ1v) is 17.7. The Labute approximate surface area is 317 Å². The molecule has 4 heterocycles. The molecule has 18 heteroatoms. The van der Waals surface area contributed by atoms with Crippen LogP contribution in [0, 0.1) is 13.8 Å². The van der Waals surface area contributed by atoms with Gasteiger partial charge in [-0.1, -0.05) is 59.1 Å². The molecule has 4 aromatic heterocycles. The number of aromatic nitrogens is 4. The standard InChI is InChI=1S/C36H34N12O4S2/c1-21-31(53-35(39-21)47-41-23(3)49)29(43-45-33(51)27-13-17-37-18-14-27)11-9-25-5-7-26(8-6-25)10-12-30(44-46-34(52)28-15-19-38-20-16-28)32-22(2)40-36(54-32)48-42-24(4)50/h5-20H,1-4H3,(H,39,47)(H,40,48)(H,41,49)(H,42,50)(H,45,51)(H,46,52)/b11-9+,12-10+,43-29-,44-30-. The summed E-state index contributed by atoms with van der Waals surface area (Å²) in [6.07, 6.45) is 13.3. The monoisotopic (exact) mass is 762 g/mol. The van der Waals surface area contributed by atoms with Gasteiger partial charge in [-0.15, -0.1) is 0 Å². The molecule has 5 rings (SSSR count). The number of carbonyl (C=O) groups excluding carboxylic acids is 4. The van der Waals surface area contributed by atoms with E-state index < -0.39 is 11.8 Å². The molecule has 0 atom stereocenters. The number of amides is 4. The molecular weight excluding hydrogens is 729 g/mol. The third kappa shape index (κ3) is 11.0. The van der Waals surface area contributed by atoms with Crippen LogP contribution in [0.3, 0.4) is 0 Å². The fourth-order valence-electron chi connectivity index (χ4n) is 4.41. The highest BCUT2D eigenvalue weighted by Gasteiger charge is 2.15. The van der Waals surface area contributed by atoms with Crippen molar-refractivity contribution in [2.75, 3.05) is 10.9 Å². The van der Waals surface area contributed by atoms with Gasteiger partial charge in [-0.25, -0.2) is 20.8 Å². The molecule has 5 aromatic rings. The minimum Gasteiger partial charge on any atom is -0.274 e. The maximum absolute atomic E-state index is 12.8. The molecule has 0 bridgehead atoms. The van der Waals surface area contributed by atoms with Crippen molar-refractivity contribution >= 4 is 80.1 Å². The molecule has 0 fully saturated rings. The molecule has 274 valence electrons. The van der Waals surface area contributed by atoms with Gasteiger partial charge in [0, 0.05) is 49.8 Å². The molecule has 16 nitrogen and oxygen atoms in total. The number of thiazole rings is 2. The van der Waals surface area contributed by atoms with Crippen LogP contribution in [0.15, 0.2) is 95.7 Å². The number of hydrazine groups is 2. The summed E-state index contributed by atoms with van der Waals surface area (Å²) in [5.41, 5.74) is 20.4. The number of hydrazone groups is 2. The number of benzene rings is 1. The summed E-state index contributed by atoms with van der Waals surface area (Å²) in [7, 11) is 0. The van der Waals surface area contributed by atoms with Crippen LogP contribution in [0.25, 0.3) is 12.2 Å². The van der Waals surface area contributed by atoms with E-state index in [1.807, 2.05) is 36.4 Å².